The lowest BCUT2D eigenvalue weighted by atomic mass is 10.1. The van der Waals surface area contributed by atoms with Crippen LogP contribution < -0.4 is 10.6 Å². The molecule has 0 spiro atoms. The minimum absolute atomic E-state index is 0.0455. The predicted octanol–water partition coefficient (Wildman–Crippen LogP) is 6.39. The van der Waals surface area contributed by atoms with Gasteiger partial charge in [0.15, 0.2) is 9.84 Å². The first-order chi connectivity index (χ1) is 24.0. The van der Waals surface area contributed by atoms with E-state index in [0.29, 0.717) is 39.7 Å². The number of thiazole rings is 1. The molecule has 0 amide bonds. The van der Waals surface area contributed by atoms with Gasteiger partial charge in [-0.1, -0.05) is 18.2 Å². The lowest BCUT2D eigenvalue weighted by Gasteiger charge is -2.22. The van der Waals surface area contributed by atoms with Gasteiger partial charge in [-0.3, -0.25) is 4.98 Å². The number of hydrogen-bond donors (Lipinski definition) is 4. The molecule has 0 bridgehead atoms. The first-order valence-electron chi connectivity index (χ1n) is 16.5. The van der Waals surface area contributed by atoms with E-state index in [1.54, 1.807) is 0 Å². The molecule has 2 saturated carbocycles. The standard InChI is InChI=1S/C36H35FN6O5S2/c1-18(27-16-21-5-3-4-6-26(21)48-27)39-36-40-19(2)29(35-42-31-28(49-35)13-14-38-30(31)20-7-8-20)34(43-36)41-25-15-22(32(44)33(25)45)17-50(46,47)24-11-9-23(37)10-12-24/h3-6,9-14,16,18,20,22,25,32-33,44-45H,7-8,15,17H2,1-2H3,(H2,39,40,41,43). The van der Waals surface area contributed by atoms with Crippen LogP contribution in [0.4, 0.5) is 16.2 Å². The molecule has 5 atom stereocenters. The number of sulfone groups is 1. The van der Waals surface area contributed by atoms with Crippen molar-refractivity contribution in [3.05, 3.63) is 89.8 Å². The number of aryl methyl sites for hydroxylation is 1. The molecule has 0 radical (unpaired) electrons. The zero-order valence-corrected chi connectivity index (χ0v) is 28.9. The molecule has 4 aromatic heterocycles. The zero-order valence-electron chi connectivity index (χ0n) is 27.2. The second kappa shape index (κ2) is 12.7. The molecule has 6 aromatic rings. The summed E-state index contributed by atoms with van der Waals surface area (Å²) in [6.45, 7) is 3.81. The number of benzene rings is 2. The maximum atomic E-state index is 13.5. The summed E-state index contributed by atoms with van der Waals surface area (Å²) in [4.78, 5) is 19.3. The Bertz CT molecular complexity index is 2290. The third-order valence-corrected chi connectivity index (χ3v) is 12.4. The highest BCUT2D eigenvalue weighted by Gasteiger charge is 2.44. The number of hydrogen-bond acceptors (Lipinski definition) is 12. The number of halogens is 1. The van der Waals surface area contributed by atoms with Gasteiger partial charge in [0.2, 0.25) is 5.95 Å². The van der Waals surface area contributed by atoms with Crippen LogP contribution in [-0.4, -0.2) is 62.6 Å². The first-order valence-corrected chi connectivity index (χ1v) is 19.0. The maximum Gasteiger partial charge on any atom is 0.225 e. The van der Waals surface area contributed by atoms with Crippen LogP contribution in [0.1, 0.15) is 55.3 Å². The minimum Gasteiger partial charge on any atom is -0.459 e. The topological polar surface area (TPSA) is 163 Å². The summed E-state index contributed by atoms with van der Waals surface area (Å²) in [6, 6.07) is 15.2. The highest BCUT2D eigenvalue weighted by atomic mass is 32.2. The quantitative estimate of drug-likeness (QED) is 0.116. The smallest absolute Gasteiger partial charge is 0.225 e. The summed E-state index contributed by atoms with van der Waals surface area (Å²) in [5.74, 6) is 0.0480. The van der Waals surface area contributed by atoms with Crippen LogP contribution in [0.25, 0.3) is 31.8 Å². The Hall–Kier alpha value is -4.50. The van der Waals surface area contributed by atoms with Crippen LogP contribution in [0.3, 0.4) is 0 Å². The highest BCUT2D eigenvalue weighted by molar-refractivity contribution is 7.91. The molecule has 14 heteroatoms. The van der Waals surface area contributed by atoms with Crippen molar-refractivity contribution in [2.45, 2.75) is 68.2 Å². The molecule has 4 N–H and O–H groups in total. The number of aliphatic hydroxyl groups excluding tert-OH is 2. The van der Waals surface area contributed by atoms with Crippen molar-refractivity contribution in [1.29, 1.82) is 0 Å². The number of rotatable bonds is 10. The van der Waals surface area contributed by atoms with Crippen molar-refractivity contribution in [2.75, 3.05) is 16.4 Å². The van der Waals surface area contributed by atoms with E-state index in [9.17, 15) is 23.0 Å². The van der Waals surface area contributed by atoms with E-state index < -0.39 is 45.6 Å². The van der Waals surface area contributed by atoms with Crippen molar-refractivity contribution >= 4 is 54.1 Å². The van der Waals surface area contributed by atoms with Crippen molar-refractivity contribution in [1.82, 2.24) is 19.9 Å². The van der Waals surface area contributed by atoms with Gasteiger partial charge in [0.25, 0.3) is 0 Å². The molecule has 0 aliphatic heterocycles. The molecule has 8 rings (SSSR count). The predicted molar refractivity (Wildman–Crippen MR) is 189 cm³/mol. The third-order valence-electron chi connectivity index (χ3n) is 9.55. The molecular formula is C36H35FN6O5S2. The SMILES string of the molecule is Cc1nc(NC(C)c2cc3ccccc3o2)nc(NC2CC(CS(=O)(=O)c3ccc(F)cc3)C(O)C2O)c1-c1nc2c(C3CC3)nccc2s1. The number of nitrogens with one attached hydrogen (secondary N) is 2. The molecule has 258 valence electrons. The Morgan fingerprint density at radius 3 is 2.58 bits per heavy atom. The number of furan rings is 1. The average molecular weight is 715 g/mol. The largest absolute Gasteiger partial charge is 0.459 e. The number of pyridine rings is 1. The van der Waals surface area contributed by atoms with Crippen LogP contribution in [0.15, 0.2) is 76.2 Å². The van der Waals surface area contributed by atoms with Gasteiger partial charge in [-0.2, -0.15) is 4.98 Å². The van der Waals surface area contributed by atoms with Crippen LogP contribution >= 0.6 is 11.3 Å². The Balaban J connectivity index is 1.13. The lowest BCUT2D eigenvalue weighted by Crippen LogP contribution is -2.36. The van der Waals surface area contributed by atoms with Gasteiger partial charge < -0.3 is 25.3 Å². The molecule has 5 unspecified atom stereocenters. The number of anilines is 2. The van der Waals surface area contributed by atoms with Crippen LogP contribution in [0.2, 0.25) is 0 Å². The number of fused-ring (bicyclic) bond motifs is 2. The highest BCUT2D eigenvalue weighted by Crippen LogP contribution is 2.45. The van der Waals surface area contributed by atoms with Crippen LogP contribution in [-0.2, 0) is 9.84 Å². The fourth-order valence-corrected chi connectivity index (χ4v) is 9.45. The maximum absolute atomic E-state index is 13.5. The lowest BCUT2D eigenvalue weighted by molar-refractivity contribution is 0.0216. The number of nitrogens with zero attached hydrogens (tertiary/aromatic N) is 4. The van der Waals surface area contributed by atoms with Gasteiger partial charge in [-0.05, 0) is 75.6 Å². The molecule has 4 heterocycles. The first kappa shape index (κ1) is 32.7. The fourth-order valence-electron chi connectivity index (χ4n) is 6.74. The van der Waals surface area contributed by atoms with Crippen molar-refractivity contribution < 1.29 is 27.4 Å². The monoisotopic (exact) mass is 714 g/mol. The van der Waals surface area contributed by atoms with Gasteiger partial charge in [0, 0.05) is 23.4 Å². The Labute approximate surface area is 291 Å². The summed E-state index contributed by atoms with van der Waals surface area (Å²) in [7, 11) is -3.87. The zero-order chi connectivity index (χ0) is 34.7. The third kappa shape index (κ3) is 6.21. The van der Waals surface area contributed by atoms with E-state index in [1.165, 1.54) is 23.5 Å². The van der Waals surface area contributed by atoms with Crippen LogP contribution in [0.5, 0.6) is 0 Å². The van der Waals surface area contributed by atoms with Crippen LogP contribution in [0, 0.1) is 18.7 Å². The van der Waals surface area contributed by atoms with Gasteiger partial charge in [-0.15, -0.1) is 11.3 Å². The van der Waals surface area contributed by atoms with Gasteiger partial charge in [0.1, 0.15) is 39.6 Å². The fraction of sp³-hybridized carbons (Fsp3) is 0.333. The molecule has 50 heavy (non-hydrogen) atoms. The summed E-state index contributed by atoms with van der Waals surface area (Å²) in [5.41, 5.74) is 3.87. The van der Waals surface area contributed by atoms with E-state index >= 15 is 0 Å². The van der Waals surface area contributed by atoms with E-state index in [1.807, 2.05) is 56.4 Å². The van der Waals surface area contributed by atoms with Gasteiger partial charge >= 0.3 is 0 Å². The van der Waals surface area contributed by atoms with Crippen molar-refractivity contribution in [3.63, 3.8) is 0 Å². The Morgan fingerprint density at radius 1 is 1.04 bits per heavy atom. The molecule has 2 aliphatic rings. The van der Waals surface area contributed by atoms with Crippen molar-refractivity contribution in [2.24, 2.45) is 5.92 Å². The molecule has 11 nitrogen and oxygen atoms in total. The number of aromatic nitrogens is 4. The van der Waals surface area contributed by atoms with E-state index in [-0.39, 0.29) is 17.4 Å². The summed E-state index contributed by atoms with van der Waals surface area (Å²) in [6.07, 6.45) is 1.49. The number of para-hydroxylation sites is 1. The Morgan fingerprint density at radius 2 is 1.82 bits per heavy atom. The molecule has 2 fully saturated rings. The second-order valence-electron chi connectivity index (χ2n) is 13.2. The molecule has 2 aromatic carbocycles. The summed E-state index contributed by atoms with van der Waals surface area (Å²) < 4.78 is 46.9. The molecule has 2 aliphatic carbocycles. The van der Waals surface area contributed by atoms with E-state index in [0.717, 1.165) is 51.9 Å². The number of aliphatic hydroxyl groups is 2. The normalized spacial score (nSPS) is 21.5. The molecule has 0 saturated heterocycles. The minimum atomic E-state index is -3.87. The summed E-state index contributed by atoms with van der Waals surface area (Å²) in [5, 5.41) is 30.6. The second-order valence-corrected chi connectivity index (χ2v) is 16.3. The van der Waals surface area contributed by atoms with Gasteiger partial charge in [0.05, 0.1) is 50.5 Å². The van der Waals surface area contributed by atoms with E-state index in [2.05, 4.69) is 15.6 Å². The van der Waals surface area contributed by atoms with E-state index in [4.69, 9.17) is 19.4 Å². The van der Waals surface area contributed by atoms with Gasteiger partial charge in [-0.25, -0.2) is 22.8 Å². The Kier molecular flexibility index (Phi) is 8.29. The average Bonchev–Trinajstić information content (AvgIpc) is 3.60. The van der Waals surface area contributed by atoms with Crippen molar-refractivity contribution in [3.8, 4) is 10.6 Å². The summed E-state index contributed by atoms with van der Waals surface area (Å²) >= 11 is 1.50. The molecular weight excluding hydrogens is 680 g/mol.